The smallest absolute Gasteiger partial charge is 0.269 e. The number of hydrogen-bond donors (Lipinski definition) is 1. The van der Waals surface area contributed by atoms with Crippen molar-refractivity contribution in [1.29, 1.82) is 5.26 Å². The van der Waals surface area contributed by atoms with Crippen LogP contribution in [-0.2, 0) is 10.0 Å². The second-order valence-electron chi connectivity index (χ2n) is 7.85. The van der Waals surface area contributed by atoms with Crippen LogP contribution in [0.1, 0.15) is 17.2 Å². The van der Waals surface area contributed by atoms with E-state index in [1.165, 1.54) is 49.9 Å². The maximum absolute atomic E-state index is 14.1. The summed E-state index contributed by atoms with van der Waals surface area (Å²) in [6.07, 6.45) is 2.85. The lowest BCUT2D eigenvalue weighted by Gasteiger charge is -2.26. The molecule has 1 aromatic heterocycles. The fourth-order valence-electron chi connectivity index (χ4n) is 3.71. The molecule has 10 nitrogen and oxygen atoms in total. The van der Waals surface area contributed by atoms with Crippen molar-refractivity contribution < 1.29 is 17.7 Å². The third-order valence-corrected chi connectivity index (χ3v) is 7.41. The van der Waals surface area contributed by atoms with Crippen LogP contribution in [0.3, 0.4) is 0 Å². The van der Waals surface area contributed by atoms with Crippen LogP contribution in [0.2, 0.25) is 0 Å². The molecule has 4 aromatic rings. The normalized spacial score (nSPS) is 12.3. The van der Waals surface area contributed by atoms with Gasteiger partial charge in [-0.05, 0) is 42.0 Å². The summed E-state index contributed by atoms with van der Waals surface area (Å²) in [5, 5.41) is 24.1. The zero-order chi connectivity index (χ0) is 25.9. The van der Waals surface area contributed by atoms with E-state index in [1.54, 1.807) is 18.2 Å². The number of nitro benzene ring substituents is 1. The van der Waals surface area contributed by atoms with Crippen molar-refractivity contribution in [3.63, 3.8) is 0 Å². The van der Waals surface area contributed by atoms with Gasteiger partial charge >= 0.3 is 0 Å². The van der Waals surface area contributed by atoms with Gasteiger partial charge in [0.2, 0.25) is 10.0 Å². The summed E-state index contributed by atoms with van der Waals surface area (Å²) in [4.78, 5) is 18.4. The lowest BCUT2D eigenvalue weighted by molar-refractivity contribution is -0.384. The van der Waals surface area contributed by atoms with Crippen LogP contribution in [0.4, 0.5) is 15.8 Å². The van der Waals surface area contributed by atoms with Gasteiger partial charge in [0, 0.05) is 43.0 Å². The van der Waals surface area contributed by atoms with E-state index < -0.39 is 26.8 Å². The minimum atomic E-state index is -4.03. The first kappa shape index (κ1) is 24.6. The number of anilines is 1. The van der Waals surface area contributed by atoms with Gasteiger partial charge in [-0.25, -0.2) is 22.8 Å². The van der Waals surface area contributed by atoms with E-state index in [9.17, 15) is 28.2 Å². The summed E-state index contributed by atoms with van der Waals surface area (Å²) >= 11 is 0. The maximum Gasteiger partial charge on any atom is 0.269 e. The lowest BCUT2D eigenvalue weighted by atomic mass is 10.0. The number of aromatic nitrogens is 2. The SMILES string of the molecule is CN(CC(Nc1ccc(C#N)c2ncncc12)c1cccc(F)c1)S(=O)(=O)c1ccc([N+](=O)[O-])cc1. The molecule has 0 saturated heterocycles. The van der Waals surface area contributed by atoms with Crippen LogP contribution >= 0.6 is 0 Å². The molecule has 3 aromatic carbocycles. The largest absolute Gasteiger partial charge is 0.376 e. The topological polar surface area (TPSA) is 142 Å². The Morgan fingerprint density at radius 3 is 2.61 bits per heavy atom. The standard InChI is InChI=1S/C24H19FN6O4S/c1-30(36(34,35)20-8-6-19(7-9-20)31(32)33)14-23(16-3-2-4-18(25)11-16)29-22-10-5-17(12-26)24-21(22)13-27-15-28-24/h2-11,13,15,23,29H,14H2,1H3. The number of hydrogen-bond acceptors (Lipinski definition) is 8. The first-order valence-corrected chi connectivity index (χ1v) is 12.0. The van der Waals surface area contributed by atoms with Crippen molar-refractivity contribution in [2.24, 2.45) is 0 Å². The zero-order valence-electron chi connectivity index (χ0n) is 18.9. The molecule has 1 N–H and O–H groups in total. The Bertz CT molecular complexity index is 1590. The fraction of sp³-hybridized carbons (Fsp3) is 0.125. The number of nitrogens with zero attached hydrogens (tertiary/aromatic N) is 5. The van der Waals surface area contributed by atoms with E-state index in [0.717, 1.165) is 16.4 Å². The molecular formula is C24H19FN6O4S. The van der Waals surface area contributed by atoms with Crippen molar-refractivity contribution in [1.82, 2.24) is 14.3 Å². The second kappa shape index (κ2) is 10.0. The predicted octanol–water partition coefficient (Wildman–Crippen LogP) is 4.02. The number of nitriles is 1. The zero-order valence-corrected chi connectivity index (χ0v) is 19.7. The molecule has 0 aliphatic carbocycles. The summed E-state index contributed by atoms with van der Waals surface area (Å²) in [5.41, 5.74) is 1.54. The molecule has 0 radical (unpaired) electrons. The first-order valence-electron chi connectivity index (χ1n) is 10.6. The highest BCUT2D eigenvalue weighted by Crippen LogP contribution is 2.29. The summed E-state index contributed by atoms with van der Waals surface area (Å²) in [6.45, 7) is -0.113. The van der Waals surface area contributed by atoms with Gasteiger partial charge in [0.05, 0.1) is 26.9 Å². The first-order chi connectivity index (χ1) is 17.2. The maximum atomic E-state index is 14.1. The van der Waals surface area contributed by atoms with Crippen molar-refractivity contribution in [2.75, 3.05) is 18.9 Å². The third-order valence-electron chi connectivity index (χ3n) is 5.57. The van der Waals surface area contributed by atoms with Gasteiger partial charge in [-0.1, -0.05) is 12.1 Å². The minimum absolute atomic E-state index is 0.113. The van der Waals surface area contributed by atoms with Crippen molar-refractivity contribution in [3.8, 4) is 6.07 Å². The summed E-state index contributed by atoms with van der Waals surface area (Å²) in [6, 6.07) is 14.9. The number of fused-ring (bicyclic) bond motifs is 1. The Balaban J connectivity index is 1.70. The van der Waals surface area contributed by atoms with Gasteiger partial charge in [0.25, 0.3) is 5.69 Å². The Labute approximate surface area is 205 Å². The van der Waals surface area contributed by atoms with Crippen LogP contribution in [0.5, 0.6) is 0 Å². The highest BCUT2D eigenvalue weighted by molar-refractivity contribution is 7.89. The highest BCUT2D eigenvalue weighted by Gasteiger charge is 2.26. The molecule has 0 aliphatic rings. The number of benzene rings is 3. The molecule has 1 heterocycles. The predicted molar refractivity (Wildman–Crippen MR) is 130 cm³/mol. The number of non-ortho nitro benzene ring substituents is 1. The molecule has 36 heavy (non-hydrogen) atoms. The van der Waals surface area contributed by atoms with Crippen molar-refractivity contribution in [2.45, 2.75) is 10.9 Å². The van der Waals surface area contributed by atoms with Gasteiger partial charge in [-0.3, -0.25) is 10.1 Å². The van der Waals surface area contributed by atoms with Crippen LogP contribution < -0.4 is 5.32 Å². The number of nitro groups is 1. The van der Waals surface area contributed by atoms with E-state index in [2.05, 4.69) is 21.4 Å². The molecule has 4 rings (SSSR count). The van der Waals surface area contributed by atoms with Gasteiger partial charge in [0.15, 0.2) is 0 Å². The summed E-state index contributed by atoms with van der Waals surface area (Å²) in [5.74, 6) is -0.492. The van der Waals surface area contributed by atoms with Crippen molar-refractivity contribution in [3.05, 3.63) is 100 Å². The molecular weight excluding hydrogens is 487 g/mol. The number of rotatable bonds is 8. The Morgan fingerprint density at radius 1 is 1.19 bits per heavy atom. The number of halogens is 1. The van der Waals surface area contributed by atoms with E-state index in [4.69, 9.17) is 0 Å². The Morgan fingerprint density at radius 2 is 1.94 bits per heavy atom. The molecule has 0 fully saturated rings. The average molecular weight is 507 g/mol. The van der Waals surface area contributed by atoms with Gasteiger partial charge < -0.3 is 5.32 Å². The molecule has 1 unspecified atom stereocenters. The Kier molecular flexibility index (Phi) is 6.86. The average Bonchev–Trinajstić information content (AvgIpc) is 2.88. The molecule has 0 saturated carbocycles. The number of nitrogens with one attached hydrogen (secondary N) is 1. The quantitative estimate of drug-likeness (QED) is 0.279. The molecule has 12 heteroatoms. The van der Waals surface area contributed by atoms with Crippen LogP contribution in [0.15, 0.2) is 78.1 Å². The monoisotopic (exact) mass is 506 g/mol. The van der Waals surface area contributed by atoms with Crippen LogP contribution in [0.25, 0.3) is 10.9 Å². The van der Waals surface area contributed by atoms with E-state index in [-0.39, 0.29) is 17.1 Å². The van der Waals surface area contributed by atoms with Gasteiger partial charge in [0.1, 0.15) is 18.2 Å². The number of likely N-dealkylation sites (N-methyl/N-ethyl adjacent to an activating group) is 1. The fourth-order valence-corrected chi connectivity index (χ4v) is 4.90. The summed E-state index contributed by atoms with van der Waals surface area (Å²) in [7, 11) is -2.67. The minimum Gasteiger partial charge on any atom is -0.376 e. The Hall–Kier alpha value is -4.47. The summed E-state index contributed by atoms with van der Waals surface area (Å²) < 4.78 is 41.6. The molecule has 0 amide bonds. The van der Waals surface area contributed by atoms with E-state index in [1.807, 2.05) is 0 Å². The van der Waals surface area contributed by atoms with Crippen molar-refractivity contribution >= 4 is 32.3 Å². The molecule has 0 spiro atoms. The lowest BCUT2D eigenvalue weighted by Crippen LogP contribution is -2.33. The molecule has 182 valence electrons. The van der Waals surface area contributed by atoms with Crippen LogP contribution in [-0.4, -0.2) is 41.2 Å². The third kappa shape index (κ3) is 4.97. The highest BCUT2D eigenvalue weighted by atomic mass is 32.2. The van der Waals surface area contributed by atoms with Gasteiger partial charge in [-0.2, -0.15) is 9.57 Å². The van der Waals surface area contributed by atoms with E-state index >= 15 is 0 Å². The van der Waals surface area contributed by atoms with E-state index in [0.29, 0.717) is 27.7 Å². The molecule has 0 aliphatic heterocycles. The second-order valence-corrected chi connectivity index (χ2v) is 9.89. The van der Waals surface area contributed by atoms with Crippen LogP contribution in [0, 0.1) is 27.3 Å². The molecule has 1 atom stereocenters. The molecule has 0 bridgehead atoms. The van der Waals surface area contributed by atoms with Gasteiger partial charge in [-0.15, -0.1) is 0 Å². The number of sulfonamides is 1.